The second kappa shape index (κ2) is 3.96. The van der Waals surface area contributed by atoms with Gasteiger partial charge in [-0.25, -0.2) is 0 Å². The molecule has 0 aromatic carbocycles. The zero-order valence-electron chi connectivity index (χ0n) is 9.39. The van der Waals surface area contributed by atoms with Gasteiger partial charge in [-0.1, -0.05) is 12.8 Å². The van der Waals surface area contributed by atoms with Crippen molar-refractivity contribution in [3.8, 4) is 0 Å². The Bertz CT molecular complexity index is 361. The maximum Gasteiger partial charge on any atom is 0.257 e. The summed E-state index contributed by atoms with van der Waals surface area (Å²) in [4.78, 5) is 14.5. The fourth-order valence-electron chi connectivity index (χ4n) is 2.70. The van der Waals surface area contributed by atoms with E-state index in [4.69, 9.17) is 4.42 Å². The van der Waals surface area contributed by atoms with E-state index in [0.29, 0.717) is 17.6 Å². The van der Waals surface area contributed by atoms with Crippen LogP contribution in [-0.2, 0) is 0 Å². The van der Waals surface area contributed by atoms with Crippen molar-refractivity contribution in [1.82, 2.24) is 4.90 Å². The number of hydrogen-bond donors (Lipinski definition) is 0. The van der Waals surface area contributed by atoms with Gasteiger partial charge in [-0.05, 0) is 31.7 Å². The highest BCUT2D eigenvalue weighted by atomic mass is 16.3. The zero-order chi connectivity index (χ0) is 11.0. The third-order valence-corrected chi connectivity index (χ3v) is 3.66. The standard InChI is InChI=1S/C13H17NO2/c15-13(10-7-8-16-9-10)14(12-5-6-12)11-3-1-2-4-11/h7-9,11-12H,1-6H2. The predicted molar refractivity (Wildman–Crippen MR) is 60.2 cm³/mol. The Hall–Kier alpha value is -1.25. The van der Waals surface area contributed by atoms with E-state index in [1.54, 1.807) is 18.6 Å². The summed E-state index contributed by atoms with van der Waals surface area (Å²) in [5.41, 5.74) is 0.707. The van der Waals surface area contributed by atoms with Crippen molar-refractivity contribution in [3.63, 3.8) is 0 Å². The highest BCUT2D eigenvalue weighted by Gasteiger charge is 2.38. The lowest BCUT2D eigenvalue weighted by Gasteiger charge is -2.28. The van der Waals surface area contributed by atoms with Gasteiger partial charge in [-0.3, -0.25) is 4.79 Å². The number of nitrogens with zero attached hydrogens (tertiary/aromatic N) is 1. The van der Waals surface area contributed by atoms with Gasteiger partial charge in [0.1, 0.15) is 6.26 Å². The van der Waals surface area contributed by atoms with Crippen LogP contribution >= 0.6 is 0 Å². The molecule has 0 bridgehead atoms. The van der Waals surface area contributed by atoms with Crippen molar-refractivity contribution in [2.75, 3.05) is 0 Å². The van der Waals surface area contributed by atoms with Crippen molar-refractivity contribution in [2.45, 2.75) is 50.6 Å². The highest BCUT2D eigenvalue weighted by molar-refractivity contribution is 5.94. The average Bonchev–Trinajstić information content (AvgIpc) is 2.83. The predicted octanol–water partition coefficient (Wildman–Crippen LogP) is 2.83. The van der Waals surface area contributed by atoms with Gasteiger partial charge in [0.2, 0.25) is 0 Å². The largest absolute Gasteiger partial charge is 0.472 e. The molecule has 1 aromatic heterocycles. The van der Waals surface area contributed by atoms with E-state index in [-0.39, 0.29) is 5.91 Å². The summed E-state index contributed by atoms with van der Waals surface area (Å²) in [5.74, 6) is 0.170. The molecular weight excluding hydrogens is 202 g/mol. The quantitative estimate of drug-likeness (QED) is 0.783. The molecule has 86 valence electrons. The Morgan fingerprint density at radius 1 is 1.19 bits per heavy atom. The number of rotatable bonds is 3. The molecule has 1 heterocycles. The van der Waals surface area contributed by atoms with Crippen LogP contribution in [0.1, 0.15) is 48.9 Å². The van der Waals surface area contributed by atoms with Crippen molar-refractivity contribution in [3.05, 3.63) is 24.2 Å². The number of carbonyl (C=O) groups is 1. The molecule has 2 aliphatic carbocycles. The highest BCUT2D eigenvalue weighted by Crippen LogP contribution is 2.35. The van der Waals surface area contributed by atoms with Crippen molar-refractivity contribution < 1.29 is 9.21 Å². The molecule has 1 aromatic rings. The molecule has 1 amide bonds. The average molecular weight is 219 g/mol. The van der Waals surface area contributed by atoms with Crippen LogP contribution in [0.5, 0.6) is 0 Å². The molecule has 0 atom stereocenters. The van der Waals surface area contributed by atoms with Gasteiger partial charge in [-0.2, -0.15) is 0 Å². The van der Waals surface area contributed by atoms with Gasteiger partial charge < -0.3 is 9.32 Å². The van der Waals surface area contributed by atoms with Crippen LogP contribution < -0.4 is 0 Å². The molecule has 0 unspecified atom stereocenters. The zero-order valence-corrected chi connectivity index (χ0v) is 9.39. The minimum absolute atomic E-state index is 0.170. The van der Waals surface area contributed by atoms with Crippen LogP contribution in [0.3, 0.4) is 0 Å². The minimum atomic E-state index is 0.170. The Labute approximate surface area is 95.4 Å². The molecule has 2 fully saturated rings. The summed E-state index contributed by atoms with van der Waals surface area (Å²) < 4.78 is 5.00. The van der Waals surface area contributed by atoms with Gasteiger partial charge >= 0.3 is 0 Å². The molecule has 2 saturated carbocycles. The van der Waals surface area contributed by atoms with Crippen LogP contribution in [0, 0.1) is 0 Å². The van der Waals surface area contributed by atoms with Crippen LogP contribution in [0.15, 0.2) is 23.0 Å². The van der Waals surface area contributed by atoms with E-state index in [1.165, 1.54) is 38.5 Å². The van der Waals surface area contributed by atoms with Crippen LogP contribution in [-0.4, -0.2) is 22.9 Å². The molecule has 3 rings (SSSR count). The number of carbonyl (C=O) groups excluding carboxylic acids is 1. The molecule has 2 aliphatic rings. The smallest absolute Gasteiger partial charge is 0.257 e. The summed E-state index contributed by atoms with van der Waals surface area (Å²) in [6.45, 7) is 0. The molecule has 3 heteroatoms. The number of amides is 1. The summed E-state index contributed by atoms with van der Waals surface area (Å²) in [5, 5.41) is 0. The van der Waals surface area contributed by atoms with E-state index >= 15 is 0 Å². The van der Waals surface area contributed by atoms with Crippen molar-refractivity contribution >= 4 is 5.91 Å². The molecule has 3 nitrogen and oxygen atoms in total. The molecule has 0 saturated heterocycles. The number of hydrogen-bond acceptors (Lipinski definition) is 2. The fraction of sp³-hybridized carbons (Fsp3) is 0.615. The molecule has 0 spiro atoms. The Kier molecular flexibility index (Phi) is 2.46. The molecule has 0 N–H and O–H groups in total. The van der Waals surface area contributed by atoms with Gasteiger partial charge in [0.05, 0.1) is 11.8 Å². The summed E-state index contributed by atoms with van der Waals surface area (Å²) in [6, 6.07) is 2.76. The summed E-state index contributed by atoms with van der Waals surface area (Å²) in [6.07, 6.45) is 10.4. The van der Waals surface area contributed by atoms with E-state index in [9.17, 15) is 4.79 Å². The van der Waals surface area contributed by atoms with Gasteiger partial charge in [0, 0.05) is 12.1 Å². The molecule has 0 radical (unpaired) electrons. The lowest BCUT2D eigenvalue weighted by molar-refractivity contribution is 0.0663. The molecule has 16 heavy (non-hydrogen) atoms. The normalized spacial score (nSPS) is 21.2. The maximum absolute atomic E-state index is 12.3. The summed E-state index contributed by atoms with van der Waals surface area (Å²) in [7, 11) is 0. The number of furan rings is 1. The van der Waals surface area contributed by atoms with Crippen LogP contribution in [0.4, 0.5) is 0 Å². The van der Waals surface area contributed by atoms with E-state index in [2.05, 4.69) is 4.90 Å². The van der Waals surface area contributed by atoms with Crippen molar-refractivity contribution in [2.24, 2.45) is 0 Å². The first kappa shape index (κ1) is 9.94. The maximum atomic E-state index is 12.3. The van der Waals surface area contributed by atoms with Crippen LogP contribution in [0.25, 0.3) is 0 Å². The second-order valence-electron chi connectivity index (χ2n) is 4.89. The van der Waals surface area contributed by atoms with Crippen molar-refractivity contribution in [1.29, 1.82) is 0 Å². The van der Waals surface area contributed by atoms with E-state index < -0.39 is 0 Å². The monoisotopic (exact) mass is 219 g/mol. The lowest BCUT2D eigenvalue weighted by Crippen LogP contribution is -2.40. The third kappa shape index (κ3) is 1.75. The SMILES string of the molecule is O=C(c1ccoc1)N(C1CCCC1)C1CC1. The summed E-state index contributed by atoms with van der Waals surface area (Å²) >= 11 is 0. The topological polar surface area (TPSA) is 33.5 Å². The minimum Gasteiger partial charge on any atom is -0.472 e. The third-order valence-electron chi connectivity index (χ3n) is 3.66. The van der Waals surface area contributed by atoms with E-state index in [1.807, 2.05) is 0 Å². The molecular formula is C13H17NO2. The fourth-order valence-corrected chi connectivity index (χ4v) is 2.70. The van der Waals surface area contributed by atoms with E-state index in [0.717, 1.165) is 0 Å². The second-order valence-corrected chi connectivity index (χ2v) is 4.89. The Morgan fingerprint density at radius 2 is 1.88 bits per heavy atom. The van der Waals surface area contributed by atoms with Gasteiger partial charge in [0.15, 0.2) is 0 Å². The first-order valence-corrected chi connectivity index (χ1v) is 6.21. The first-order valence-electron chi connectivity index (χ1n) is 6.21. The van der Waals surface area contributed by atoms with Gasteiger partial charge in [-0.15, -0.1) is 0 Å². The Balaban J connectivity index is 1.79. The van der Waals surface area contributed by atoms with Gasteiger partial charge in [0.25, 0.3) is 5.91 Å². The lowest BCUT2D eigenvalue weighted by atomic mass is 10.1. The molecule has 0 aliphatic heterocycles. The Morgan fingerprint density at radius 3 is 2.44 bits per heavy atom. The first-order chi connectivity index (χ1) is 7.86. The van der Waals surface area contributed by atoms with Crippen LogP contribution in [0.2, 0.25) is 0 Å².